The molecule has 1 aromatic rings. The van der Waals surface area contributed by atoms with Gasteiger partial charge in [-0.15, -0.1) is 0 Å². The van der Waals surface area contributed by atoms with Crippen LogP contribution in [-0.2, 0) is 6.42 Å². The van der Waals surface area contributed by atoms with Gasteiger partial charge in [0.05, 0.1) is 0 Å². The van der Waals surface area contributed by atoms with Crippen molar-refractivity contribution in [3.63, 3.8) is 0 Å². The molecular weight excluding hydrogens is 266 g/mol. The fourth-order valence-electron chi connectivity index (χ4n) is 3.24. The quantitative estimate of drug-likeness (QED) is 0.816. The molecule has 2 rings (SSSR count). The molecule has 1 saturated carbocycles. The lowest BCUT2D eigenvalue weighted by molar-refractivity contribution is 0.160. The third kappa shape index (κ3) is 4.79. The van der Waals surface area contributed by atoms with E-state index in [0.29, 0.717) is 5.41 Å². The predicted octanol–water partition coefficient (Wildman–Crippen LogP) is 5.08. The molecule has 0 atom stereocenters. The van der Waals surface area contributed by atoms with Gasteiger partial charge in [-0.25, -0.2) is 0 Å². The average molecular weight is 294 g/mol. The summed E-state index contributed by atoms with van der Waals surface area (Å²) in [7, 11) is 0. The van der Waals surface area contributed by atoms with Gasteiger partial charge < -0.3 is 5.32 Å². The van der Waals surface area contributed by atoms with Gasteiger partial charge in [-0.1, -0.05) is 44.5 Å². The minimum Gasteiger partial charge on any atom is -0.314 e. The fourth-order valence-corrected chi connectivity index (χ4v) is 3.36. The zero-order valence-electron chi connectivity index (χ0n) is 13.1. The molecule has 0 amide bonds. The highest BCUT2D eigenvalue weighted by atomic mass is 35.5. The van der Waals surface area contributed by atoms with Gasteiger partial charge in [0.25, 0.3) is 0 Å². The molecule has 0 radical (unpaired) electrons. The minimum atomic E-state index is 0.480. The summed E-state index contributed by atoms with van der Waals surface area (Å²) in [5, 5.41) is 4.55. The summed E-state index contributed by atoms with van der Waals surface area (Å²) in [6.07, 6.45) is 6.52. The van der Waals surface area contributed by atoms with Crippen molar-refractivity contribution in [2.24, 2.45) is 11.3 Å². The van der Waals surface area contributed by atoms with Crippen molar-refractivity contribution in [1.82, 2.24) is 5.32 Å². The van der Waals surface area contributed by atoms with Gasteiger partial charge in [-0.2, -0.15) is 0 Å². The molecule has 1 nitrogen and oxygen atoms in total. The highest BCUT2D eigenvalue weighted by Crippen LogP contribution is 2.37. The van der Waals surface area contributed by atoms with Crippen LogP contribution in [-0.4, -0.2) is 12.6 Å². The summed E-state index contributed by atoms with van der Waals surface area (Å²) in [4.78, 5) is 0. The molecule has 0 heterocycles. The molecule has 2 heteroatoms. The number of nitrogens with one attached hydrogen (secondary N) is 1. The summed E-state index contributed by atoms with van der Waals surface area (Å²) in [6, 6.07) is 8.93. The third-order valence-electron chi connectivity index (χ3n) is 4.71. The lowest BCUT2D eigenvalue weighted by atomic mass is 9.71. The van der Waals surface area contributed by atoms with Crippen LogP contribution in [0.25, 0.3) is 0 Å². The summed E-state index contributed by atoms with van der Waals surface area (Å²) in [6.45, 7) is 8.22. The Labute approximate surface area is 129 Å². The van der Waals surface area contributed by atoms with Crippen molar-refractivity contribution in [1.29, 1.82) is 0 Å². The Morgan fingerprint density at radius 2 is 1.65 bits per heavy atom. The lowest BCUT2D eigenvalue weighted by Crippen LogP contribution is -2.37. The van der Waals surface area contributed by atoms with Crippen LogP contribution in [0, 0.1) is 11.3 Å². The van der Waals surface area contributed by atoms with E-state index in [4.69, 9.17) is 11.6 Å². The fraction of sp³-hybridized carbons (Fsp3) is 0.667. The maximum Gasteiger partial charge on any atom is 0.0406 e. The minimum absolute atomic E-state index is 0.480. The van der Waals surface area contributed by atoms with E-state index in [1.54, 1.807) is 0 Å². The van der Waals surface area contributed by atoms with E-state index in [-0.39, 0.29) is 0 Å². The summed E-state index contributed by atoms with van der Waals surface area (Å²) >= 11 is 5.90. The number of benzene rings is 1. The van der Waals surface area contributed by atoms with E-state index in [1.807, 2.05) is 12.1 Å². The molecule has 0 aromatic heterocycles. The molecule has 112 valence electrons. The molecule has 1 N–H and O–H groups in total. The van der Waals surface area contributed by atoms with Gasteiger partial charge in [0.1, 0.15) is 0 Å². The molecule has 1 aromatic carbocycles. The van der Waals surface area contributed by atoms with Crippen LogP contribution < -0.4 is 5.32 Å². The van der Waals surface area contributed by atoms with Gasteiger partial charge >= 0.3 is 0 Å². The SMILES string of the molecule is CC(C)(C)C1CCC(NCCc2ccc(Cl)cc2)CC1. The van der Waals surface area contributed by atoms with Gasteiger partial charge in [0.2, 0.25) is 0 Å². The highest BCUT2D eigenvalue weighted by Gasteiger charge is 2.29. The summed E-state index contributed by atoms with van der Waals surface area (Å²) in [5.74, 6) is 0.900. The first-order valence-corrected chi connectivity index (χ1v) is 8.31. The second kappa shape index (κ2) is 6.95. The van der Waals surface area contributed by atoms with Crippen molar-refractivity contribution in [2.75, 3.05) is 6.54 Å². The zero-order chi connectivity index (χ0) is 14.6. The Kier molecular flexibility index (Phi) is 5.51. The normalized spacial score (nSPS) is 23.8. The molecule has 0 unspecified atom stereocenters. The second-order valence-electron chi connectivity index (χ2n) is 7.25. The molecule has 0 bridgehead atoms. The number of hydrogen-bond acceptors (Lipinski definition) is 1. The largest absolute Gasteiger partial charge is 0.314 e. The Morgan fingerprint density at radius 1 is 1.05 bits per heavy atom. The van der Waals surface area contributed by atoms with Crippen molar-refractivity contribution in [3.8, 4) is 0 Å². The standard InChI is InChI=1S/C18H28ClN/c1-18(2,3)15-6-10-17(11-7-15)20-13-12-14-4-8-16(19)9-5-14/h4-5,8-9,15,17,20H,6-7,10-13H2,1-3H3. The van der Waals surface area contributed by atoms with E-state index >= 15 is 0 Å². The summed E-state index contributed by atoms with van der Waals surface area (Å²) < 4.78 is 0. The van der Waals surface area contributed by atoms with Crippen LogP contribution in [0.1, 0.15) is 52.0 Å². The molecule has 1 fully saturated rings. The Balaban J connectivity index is 1.67. The van der Waals surface area contributed by atoms with Crippen molar-refractivity contribution in [3.05, 3.63) is 34.9 Å². The predicted molar refractivity (Wildman–Crippen MR) is 88.4 cm³/mol. The average Bonchev–Trinajstić information content (AvgIpc) is 2.41. The molecular formula is C18H28ClN. The van der Waals surface area contributed by atoms with E-state index in [0.717, 1.165) is 29.9 Å². The van der Waals surface area contributed by atoms with Gasteiger partial charge in [0, 0.05) is 11.1 Å². The maximum atomic E-state index is 5.90. The number of hydrogen-bond donors (Lipinski definition) is 1. The molecule has 0 saturated heterocycles. The van der Waals surface area contributed by atoms with Crippen LogP contribution in [0.15, 0.2) is 24.3 Å². The van der Waals surface area contributed by atoms with E-state index in [1.165, 1.54) is 31.2 Å². The first kappa shape index (κ1) is 15.9. The van der Waals surface area contributed by atoms with Crippen LogP contribution in [0.2, 0.25) is 5.02 Å². The smallest absolute Gasteiger partial charge is 0.0406 e. The molecule has 0 aliphatic heterocycles. The Morgan fingerprint density at radius 3 is 2.20 bits per heavy atom. The zero-order valence-corrected chi connectivity index (χ0v) is 13.8. The van der Waals surface area contributed by atoms with Gasteiger partial charge in [-0.3, -0.25) is 0 Å². The number of halogens is 1. The summed E-state index contributed by atoms with van der Waals surface area (Å²) in [5.41, 5.74) is 1.85. The van der Waals surface area contributed by atoms with Crippen LogP contribution in [0.4, 0.5) is 0 Å². The van der Waals surface area contributed by atoms with Crippen LogP contribution in [0.5, 0.6) is 0 Å². The van der Waals surface area contributed by atoms with Crippen molar-refractivity contribution >= 4 is 11.6 Å². The van der Waals surface area contributed by atoms with E-state index < -0.39 is 0 Å². The van der Waals surface area contributed by atoms with Crippen LogP contribution >= 0.6 is 11.6 Å². The monoisotopic (exact) mass is 293 g/mol. The first-order chi connectivity index (χ1) is 9.45. The topological polar surface area (TPSA) is 12.0 Å². The Hall–Kier alpha value is -0.530. The number of rotatable bonds is 4. The lowest BCUT2D eigenvalue weighted by Gasteiger charge is -2.37. The van der Waals surface area contributed by atoms with E-state index in [9.17, 15) is 0 Å². The van der Waals surface area contributed by atoms with E-state index in [2.05, 4.69) is 38.2 Å². The molecule has 1 aliphatic rings. The molecule has 20 heavy (non-hydrogen) atoms. The van der Waals surface area contributed by atoms with Crippen molar-refractivity contribution in [2.45, 2.75) is 58.9 Å². The highest BCUT2D eigenvalue weighted by molar-refractivity contribution is 6.30. The van der Waals surface area contributed by atoms with Gasteiger partial charge in [-0.05, 0) is 67.7 Å². The third-order valence-corrected chi connectivity index (χ3v) is 4.96. The molecule has 0 spiro atoms. The first-order valence-electron chi connectivity index (χ1n) is 7.93. The Bertz CT molecular complexity index is 396. The van der Waals surface area contributed by atoms with Crippen molar-refractivity contribution < 1.29 is 0 Å². The van der Waals surface area contributed by atoms with Gasteiger partial charge in [0.15, 0.2) is 0 Å². The second-order valence-corrected chi connectivity index (χ2v) is 7.68. The molecule has 1 aliphatic carbocycles. The van der Waals surface area contributed by atoms with Crippen LogP contribution in [0.3, 0.4) is 0 Å². The maximum absolute atomic E-state index is 5.90.